The van der Waals surface area contributed by atoms with Gasteiger partial charge >= 0.3 is 0 Å². The Morgan fingerprint density at radius 1 is 0.737 bits per heavy atom. The predicted molar refractivity (Wildman–Crippen MR) is 234 cm³/mol. The molecule has 10 rings (SSSR count). The largest absolute Gasteiger partial charge is 0.371 e. The van der Waals surface area contributed by atoms with Gasteiger partial charge in [-0.2, -0.15) is 5.26 Å². The van der Waals surface area contributed by atoms with Gasteiger partial charge in [0.25, 0.3) is 0 Å². The van der Waals surface area contributed by atoms with E-state index in [0.29, 0.717) is 17.9 Å². The third-order valence-electron chi connectivity index (χ3n) is 17.9. The van der Waals surface area contributed by atoms with Crippen molar-refractivity contribution in [3.05, 3.63) is 63.5 Å². The molecule has 1 aromatic heterocycles. The van der Waals surface area contributed by atoms with E-state index >= 15 is 0 Å². The van der Waals surface area contributed by atoms with Gasteiger partial charge in [0.05, 0.1) is 18.3 Å². The van der Waals surface area contributed by atoms with E-state index in [1.165, 1.54) is 166 Å². The van der Waals surface area contributed by atoms with Crippen LogP contribution in [-0.2, 0) is 19.3 Å². The zero-order valence-corrected chi connectivity index (χ0v) is 35.5. The van der Waals surface area contributed by atoms with Crippen molar-refractivity contribution in [1.82, 2.24) is 9.47 Å². The third-order valence-corrected chi connectivity index (χ3v) is 17.9. The van der Waals surface area contributed by atoms with E-state index in [0.717, 1.165) is 67.0 Å². The fraction of sp³-hybridized carbons (Fsp3) is 0.750. The SMILES string of the molecule is N#CC1=CCCCC1C1CCCCC1C1CCCCC1C1CCCCC1/C(=C/CN1C2=C(CCCC2)C2CCC=CC21)CC(N)n1c2c(c3c1NCC3)CCCC2. The molecule has 5 heteroatoms. The van der Waals surface area contributed by atoms with Gasteiger partial charge < -0.3 is 20.5 Å². The minimum Gasteiger partial charge on any atom is -0.371 e. The number of hydrogen-bond acceptors (Lipinski definition) is 4. The van der Waals surface area contributed by atoms with Gasteiger partial charge in [0, 0.05) is 42.4 Å². The van der Waals surface area contributed by atoms with Crippen molar-refractivity contribution in [1.29, 1.82) is 5.26 Å². The topological polar surface area (TPSA) is 70.0 Å². The highest BCUT2D eigenvalue weighted by Crippen LogP contribution is 2.55. The van der Waals surface area contributed by atoms with Gasteiger partial charge in [-0.1, -0.05) is 68.4 Å². The molecule has 3 N–H and O–H groups in total. The molecule has 0 spiro atoms. The second-order valence-electron chi connectivity index (χ2n) is 20.6. The summed E-state index contributed by atoms with van der Waals surface area (Å²) in [4.78, 5) is 2.90. The number of hydrogen-bond donors (Lipinski definition) is 2. The first-order valence-electron chi connectivity index (χ1n) is 24.9. The van der Waals surface area contributed by atoms with Crippen molar-refractivity contribution in [2.75, 3.05) is 18.4 Å². The van der Waals surface area contributed by atoms with Crippen LogP contribution in [0.15, 0.2) is 46.7 Å². The average molecular weight is 770 g/mol. The first-order chi connectivity index (χ1) is 28.2. The first-order valence-corrected chi connectivity index (χ1v) is 24.9. The molecule has 1 aromatic rings. The number of anilines is 1. The van der Waals surface area contributed by atoms with Crippen LogP contribution in [0.3, 0.4) is 0 Å². The maximum atomic E-state index is 10.3. The van der Waals surface area contributed by atoms with Crippen molar-refractivity contribution < 1.29 is 0 Å². The number of aromatic nitrogens is 1. The summed E-state index contributed by atoms with van der Waals surface area (Å²) in [6, 6.07) is 3.30. The summed E-state index contributed by atoms with van der Waals surface area (Å²) in [5.74, 6) is 7.25. The Morgan fingerprint density at radius 2 is 1.46 bits per heavy atom. The minimum atomic E-state index is -0.00208. The number of allylic oxidation sites excluding steroid dienone is 4. The summed E-state index contributed by atoms with van der Waals surface area (Å²) in [6.45, 7) is 2.14. The highest BCUT2D eigenvalue weighted by molar-refractivity contribution is 5.59. The van der Waals surface area contributed by atoms with E-state index in [4.69, 9.17) is 5.73 Å². The van der Waals surface area contributed by atoms with Crippen LogP contribution in [0, 0.1) is 58.7 Å². The molecule has 0 radical (unpaired) electrons. The molecule has 9 aliphatic rings. The summed E-state index contributed by atoms with van der Waals surface area (Å²) in [6.07, 6.45) is 45.9. The lowest BCUT2D eigenvalue weighted by Crippen LogP contribution is -2.42. The number of nitrogens with zero attached hydrogens (tertiary/aromatic N) is 3. The molecule has 0 aromatic carbocycles. The van der Waals surface area contributed by atoms with Crippen molar-refractivity contribution >= 4 is 5.82 Å². The van der Waals surface area contributed by atoms with Gasteiger partial charge in [-0.3, -0.25) is 0 Å². The molecule has 3 heterocycles. The van der Waals surface area contributed by atoms with E-state index in [1.807, 2.05) is 5.57 Å². The highest BCUT2D eigenvalue weighted by atomic mass is 15.2. The molecule has 2 aliphatic heterocycles. The molecule has 0 saturated heterocycles. The van der Waals surface area contributed by atoms with Crippen molar-refractivity contribution in [3.63, 3.8) is 0 Å². The molecule has 0 amide bonds. The predicted octanol–water partition coefficient (Wildman–Crippen LogP) is 12.3. The van der Waals surface area contributed by atoms with Gasteiger partial charge in [0.1, 0.15) is 5.82 Å². The van der Waals surface area contributed by atoms with Crippen molar-refractivity contribution in [2.24, 2.45) is 53.1 Å². The first kappa shape index (κ1) is 38.5. The van der Waals surface area contributed by atoms with Crippen LogP contribution in [0.2, 0.25) is 0 Å². The molecule has 3 fully saturated rings. The lowest BCUT2D eigenvalue weighted by atomic mass is 9.54. The number of fused-ring (bicyclic) bond motifs is 5. The van der Waals surface area contributed by atoms with Crippen LogP contribution in [0.1, 0.15) is 177 Å². The molecule has 3 saturated carbocycles. The monoisotopic (exact) mass is 770 g/mol. The van der Waals surface area contributed by atoms with E-state index in [9.17, 15) is 5.26 Å². The van der Waals surface area contributed by atoms with Gasteiger partial charge in [0.15, 0.2) is 0 Å². The second-order valence-corrected chi connectivity index (χ2v) is 20.6. The number of rotatable bonds is 9. The minimum absolute atomic E-state index is 0.00208. The standard InChI is InChI=1S/C52H75N5/c53-34-36-15-1-2-17-38(36)40-19-5-6-21-42(40)43-22-8-7-20-41(43)39-18-4-3-16-37(39)35(30-32-56-48-26-12-9-23-44(48)45-24-10-13-27-49(45)56)33-51(54)57-50-28-14-11-25-46(50)47-29-31-55-52(47)57/h12,15,26,30,37-44,48,51,55H,1-11,13-14,16-25,27-29,31-33,54H2/b35-30+. The van der Waals surface area contributed by atoms with Crippen LogP contribution in [-0.4, -0.2) is 28.6 Å². The molecule has 7 aliphatic carbocycles. The van der Waals surface area contributed by atoms with E-state index in [1.54, 1.807) is 28.1 Å². The van der Waals surface area contributed by atoms with Crippen molar-refractivity contribution in [3.8, 4) is 6.07 Å². The van der Waals surface area contributed by atoms with Crippen LogP contribution in [0.4, 0.5) is 5.82 Å². The fourth-order valence-corrected chi connectivity index (χ4v) is 15.6. The third kappa shape index (κ3) is 7.23. The molecule has 0 bridgehead atoms. The Morgan fingerprint density at radius 3 is 2.30 bits per heavy atom. The molecule has 308 valence electrons. The Hall–Kier alpha value is -2.71. The van der Waals surface area contributed by atoms with Crippen molar-refractivity contribution in [2.45, 2.75) is 186 Å². The van der Waals surface area contributed by atoms with Gasteiger partial charge in [0.2, 0.25) is 0 Å². The second kappa shape index (κ2) is 17.1. The molecular formula is C52H75N5. The summed E-state index contributed by atoms with van der Waals surface area (Å²) < 4.78 is 2.64. The maximum absolute atomic E-state index is 10.3. The van der Waals surface area contributed by atoms with Gasteiger partial charge in [-0.25, -0.2) is 0 Å². The quantitative estimate of drug-likeness (QED) is 0.245. The fourth-order valence-electron chi connectivity index (χ4n) is 15.6. The summed E-state index contributed by atoms with van der Waals surface area (Å²) in [5, 5.41) is 14.2. The zero-order chi connectivity index (χ0) is 38.3. The Labute approximate surface area is 346 Å². The lowest BCUT2D eigenvalue weighted by Gasteiger charge is -2.50. The van der Waals surface area contributed by atoms with E-state index < -0.39 is 0 Å². The Kier molecular flexibility index (Phi) is 11.6. The lowest BCUT2D eigenvalue weighted by molar-refractivity contribution is 0.0105. The van der Waals surface area contributed by atoms with Crippen LogP contribution in [0.5, 0.6) is 0 Å². The van der Waals surface area contributed by atoms with Crippen LogP contribution < -0.4 is 11.1 Å². The zero-order valence-electron chi connectivity index (χ0n) is 35.5. The maximum Gasteiger partial charge on any atom is 0.111 e. The van der Waals surface area contributed by atoms with Gasteiger partial charge in [-0.15, -0.1) is 0 Å². The molecule has 5 nitrogen and oxygen atoms in total. The van der Waals surface area contributed by atoms with E-state index in [2.05, 4.69) is 45.2 Å². The number of nitriles is 1. The van der Waals surface area contributed by atoms with Crippen LogP contribution in [0.25, 0.3) is 0 Å². The smallest absolute Gasteiger partial charge is 0.111 e. The highest BCUT2D eigenvalue weighted by Gasteiger charge is 2.47. The van der Waals surface area contributed by atoms with Gasteiger partial charge in [-0.05, 0) is 187 Å². The molecular weight excluding hydrogens is 695 g/mol. The Balaban J connectivity index is 0.995. The van der Waals surface area contributed by atoms with Crippen LogP contribution >= 0.6 is 0 Å². The summed E-state index contributed by atoms with van der Waals surface area (Å²) in [5.41, 5.74) is 18.9. The summed E-state index contributed by atoms with van der Waals surface area (Å²) in [7, 11) is 0. The number of nitrogens with one attached hydrogen (secondary N) is 1. The average Bonchev–Trinajstić information content (AvgIpc) is 3.97. The Bertz CT molecular complexity index is 1780. The molecule has 57 heavy (non-hydrogen) atoms. The number of nitrogens with two attached hydrogens (primary N) is 1. The van der Waals surface area contributed by atoms with E-state index in [-0.39, 0.29) is 6.17 Å². The molecule has 10 unspecified atom stereocenters. The normalized spacial score (nSPS) is 36.1. The molecule has 10 atom stereocenters. The summed E-state index contributed by atoms with van der Waals surface area (Å²) >= 11 is 0.